The highest BCUT2D eigenvalue weighted by atomic mass is 16.2. The van der Waals surface area contributed by atoms with E-state index in [-0.39, 0.29) is 5.91 Å². The number of amides is 1. The molecule has 2 aromatic rings. The van der Waals surface area contributed by atoms with Gasteiger partial charge in [0, 0.05) is 18.5 Å². The van der Waals surface area contributed by atoms with Crippen molar-refractivity contribution >= 4 is 16.8 Å². The topological polar surface area (TPSA) is 52.0 Å². The average molecular weight is 336 g/mol. The smallest absolute Gasteiger partial charge is 0.276 e. The van der Waals surface area contributed by atoms with Crippen molar-refractivity contribution in [2.24, 2.45) is 5.92 Å². The molecule has 2 bridgehead atoms. The number of carbonyl (C=O) groups excluding carboxylic acids is 1. The molecule has 7 rings (SSSR count). The summed E-state index contributed by atoms with van der Waals surface area (Å²) in [5.41, 5.74) is 3.03. The van der Waals surface area contributed by atoms with E-state index in [9.17, 15) is 4.79 Å². The molecule has 5 nitrogen and oxygen atoms in total. The van der Waals surface area contributed by atoms with Gasteiger partial charge in [0.1, 0.15) is 6.17 Å². The van der Waals surface area contributed by atoms with Gasteiger partial charge in [0.2, 0.25) is 0 Å². The molecule has 4 aliphatic heterocycles. The first-order chi connectivity index (χ1) is 12.3. The van der Waals surface area contributed by atoms with Crippen molar-refractivity contribution < 1.29 is 4.79 Å². The summed E-state index contributed by atoms with van der Waals surface area (Å²) in [5, 5.41) is 8.53. The molecule has 5 heterocycles. The molecule has 130 valence electrons. The summed E-state index contributed by atoms with van der Waals surface area (Å²) in [4.78, 5) is 17.7. The van der Waals surface area contributed by atoms with Gasteiger partial charge in [-0.25, -0.2) is 0 Å². The fraction of sp³-hybridized carbons (Fsp3) is 0.600. The number of nitrogens with one attached hydrogen (secondary N) is 1. The van der Waals surface area contributed by atoms with E-state index in [2.05, 4.69) is 38.2 Å². The van der Waals surface area contributed by atoms with Crippen LogP contribution in [0.1, 0.15) is 60.5 Å². The maximum absolute atomic E-state index is 13.1. The molecule has 1 amide bonds. The van der Waals surface area contributed by atoms with Crippen LogP contribution in [-0.4, -0.2) is 51.2 Å². The lowest BCUT2D eigenvalue weighted by molar-refractivity contribution is 0.0829. The van der Waals surface area contributed by atoms with Crippen LogP contribution in [0.15, 0.2) is 18.2 Å². The van der Waals surface area contributed by atoms with Gasteiger partial charge in [0.05, 0.1) is 11.6 Å². The summed E-state index contributed by atoms with van der Waals surface area (Å²) in [5.74, 6) is 1.51. The van der Waals surface area contributed by atoms with Crippen molar-refractivity contribution in [1.29, 1.82) is 0 Å². The quantitative estimate of drug-likeness (QED) is 0.858. The number of hydrogen-bond acceptors (Lipinski definition) is 3. The number of hydrogen-bond donors (Lipinski definition) is 1. The lowest BCUT2D eigenvalue weighted by Gasteiger charge is -2.35. The molecule has 5 fully saturated rings. The summed E-state index contributed by atoms with van der Waals surface area (Å²) in [6.07, 6.45) is 8.10. The molecule has 1 aliphatic carbocycles. The van der Waals surface area contributed by atoms with Crippen LogP contribution in [0, 0.1) is 5.92 Å². The Morgan fingerprint density at radius 1 is 1.12 bits per heavy atom. The van der Waals surface area contributed by atoms with E-state index in [1.807, 2.05) is 0 Å². The van der Waals surface area contributed by atoms with Crippen LogP contribution in [0.25, 0.3) is 10.9 Å². The van der Waals surface area contributed by atoms with Gasteiger partial charge in [-0.05, 0) is 49.1 Å². The second-order valence-corrected chi connectivity index (χ2v) is 8.35. The number of rotatable bonds is 2. The number of nitrogens with zero attached hydrogens (tertiary/aromatic N) is 3. The van der Waals surface area contributed by atoms with Crippen molar-refractivity contribution in [3.8, 4) is 0 Å². The molecule has 25 heavy (non-hydrogen) atoms. The molecule has 5 aliphatic rings. The van der Waals surface area contributed by atoms with Crippen LogP contribution in [-0.2, 0) is 0 Å². The largest absolute Gasteiger partial charge is 0.313 e. The number of benzene rings is 1. The highest BCUT2D eigenvalue weighted by Gasteiger charge is 2.62. The summed E-state index contributed by atoms with van der Waals surface area (Å²) in [6.45, 7) is 2.31. The minimum atomic E-state index is 0.119. The third-order valence-corrected chi connectivity index (χ3v) is 7.10. The Labute approximate surface area is 147 Å². The summed E-state index contributed by atoms with van der Waals surface area (Å²) < 4.78 is 0. The molecule has 2 atom stereocenters. The predicted octanol–water partition coefficient (Wildman–Crippen LogP) is 3.10. The molecule has 1 aromatic carbocycles. The van der Waals surface area contributed by atoms with Crippen molar-refractivity contribution in [2.75, 3.05) is 13.1 Å². The molecule has 4 saturated heterocycles. The Balaban J connectivity index is 1.31. The van der Waals surface area contributed by atoms with Crippen LogP contribution in [0.3, 0.4) is 0 Å². The molecule has 0 radical (unpaired) electrons. The Morgan fingerprint density at radius 3 is 2.64 bits per heavy atom. The summed E-state index contributed by atoms with van der Waals surface area (Å²) in [6, 6.07) is 6.99. The maximum atomic E-state index is 13.1. The second kappa shape index (κ2) is 5.07. The van der Waals surface area contributed by atoms with Crippen LogP contribution in [0.5, 0.6) is 0 Å². The SMILES string of the molecule is O=C(c1n[nH]c2cc(C3CCCC3)ccc12)N1C2[C@H]1C1CCN2CC1. The number of carbonyl (C=O) groups is 1. The molecule has 0 spiro atoms. The molecular formula is C20H24N4O. The number of H-pyrrole nitrogens is 1. The van der Waals surface area contributed by atoms with Gasteiger partial charge >= 0.3 is 0 Å². The highest BCUT2D eigenvalue weighted by molar-refractivity contribution is 6.06. The third kappa shape index (κ3) is 1.99. The number of aromatic amines is 1. The Bertz CT molecular complexity index is 826. The van der Waals surface area contributed by atoms with Crippen LogP contribution in [0.2, 0.25) is 0 Å². The maximum Gasteiger partial charge on any atom is 0.276 e. The van der Waals surface area contributed by atoms with E-state index in [1.165, 1.54) is 44.1 Å². The lowest BCUT2D eigenvalue weighted by Crippen LogP contribution is -2.44. The third-order valence-electron chi connectivity index (χ3n) is 7.10. The summed E-state index contributed by atoms with van der Waals surface area (Å²) in [7, 11) is 0. The van der Waals surface area contributed by atoms with Crippen LogP contribution in [0.4, 0.5) is 0 Å². The molecule has 1 saturated carbocycles. The van der Waals surface area contributed by atoms with Gasteiger partial charge in [0.25, 0.3) is 5.91 Å². The normalized spacial score (nSPS) is 33.8. The van der Waals surface area contributed by atoms with E-state index in [0.717, 1.165) is 24.0 Å². The molecule has 1 unspecified atom stereocenters. The standard InChI is InChI=1S/C20H24N4O/c25-20(24-18-13-7-9-23(10-8-13)19(18)24)17-15-6-5-14(11-16(15)21-22-17)12-3-1-2-4-12/h5-6,11-13,18-19H,1-4,7-10H2,(H,21,22)/t18-,19?,24?/m1/s1. The Morgan fingerprint density at radius 2 is 1.92 bits per heavy atom. The molecule has 5 heteroatoms. The van der Waals surface area contributed by atoms with Crippen molar-refractivity contribution in [1.82, 2.24) is 20.0 Å². The van der Waals surface area contributed by atoms with Gasteiger partial charge < -0.3 is 4.90 Å². The average Bonchev–Trinajstić information content (AvgIpc) is 3.03. The van der Waals surface area contributed by atoms with Gasteiger partial charge in [0.15, 0.2) is 5.69 Å². The zero-order valence-corrected chi connectivity index (χ0v) is 14.4. The number of fused-ring (bicyclic) bond motifs is 3. The van der Waals surface area contributed by atoms with E-state index in [0.29, 0.717) is 29.7 Å². The van der Waals surface area contributed by atoms with E-state index >= 15 is 0 Å². The second-order valence-electron chi connectivity index (χ2n) is 8.35. The van der Waals surface area contributed by atoms with E-state index in [1.54, 1.807) is 0 Å². The van der Waals surface area contributed by atoms with Gasteiger partial charge in [-0.2, -0.15) is 5.10 Å². The zero-order chi connectivity index (χ0) is 16.5. The number of piperidine rings is 3. The summed E-state index contributed by atoms with van der Waals surface area (Å²) >= 11 is 0. The van der Waals surface area contributed by atoms with Crippen molar-refractivity contribution in [3.05, 3.63) is 29.5 Å². The van der Waals surface area contributed by atoms with Crippen molar-refractivity contribution in [3.63, 3.8) is 0 Å². The number of aromatic nitrogens is 2. The van der Waals surface area contributed by atoms with Crippen molar-refractivity contribution in [2.45, 2.75) is 56.7 Å². The lowest BCUT2D eigenvalue weighted by atomic mass is 9.88. The Hall–Kier alpha value is -1.88. The van der Waals surface area contributed by atoms with Gasteiger partial charge in [-0.1, -0.05) is 25.0 Å². The first-order valence-corrected chi connectivity index (χ1v) is 9.86. The first-order valence-electron chi connectivity index (χ1n) is 9.86. The first kappa shape index (κ1) is 14.3. The van der Waals surface area contributed by atoms with E-state index < -0.39 is 0 Å². The van der Waals surface area contributed by atoms with Gasteiger partial charge in [-0.3, -0.25) is 14.8 Å². The molecule has 1 N–H and O–H groups in total. The van der Waals surface area contributed by atoms with Crippen LogP contribution < -0.4 is 0 Å². The fourth-order valence-electron chi connectivity index (χ4n) is 5.72. The predicted molar refractivity (Wildman–Crippen MR) is 95.3 cm³/mol. The van der Waals surface area contributed by atoms with Crippen LogP contribution >= 0.6 is 0 Å². The Kier molecular flexibility index (Phi) is 2.90. The van der Waals surface area contributed by atoms with E-state index in [4.69, 9.17) is 0 Å². The minimum Gasteiger partial charge on any atom is -0.313 e. The highest BCUT2D eigenvalue weighted by Crippen LogP contribution is 2.48. The zero-order valence-electron chi connectivity index (χ0n) is 14.4. The van der Waals surface area contributed by atoms with Gasteiger partial charge in [-0.15, -0.1) is 0 Å². The fourth-order valence-corrected chi connectivity index (χ4v) is 5.72. The monoisotopic (exact) mass is 336 g/mol. The molecule has 1 aromatic heterocycles. The minimum absolute atomic E-state index is 0.119. The molecular weight excluding hydrogens is 312 g/mol.